The van der Waals surface area contributed by atoms with Gasteiger partial charge in [-0.15, -0.1) is 11.3 Å². The van der Waals surface area contributed by atoms with E-state index in [2.05, 4.69) is 5.32 Å². The maximum absolute atomic E-state index is 12.2. The monoisotopic (exact) mass is 347 g/mol. The molecule has 21 heavy (non-hydrogen) atoms. The summed E-state index contributed by atoms with van der Waals surface area (Å²) in [4.78, 5) is 14.0. The van der Waals surface area contributed by atoms with Crippen LogP contribution >= 0.6 is 34.5 Å². The molecule has 1 aromatic carbocycles. The molecule has 0 saturated carbocycles. The number of quaternary nitrogens is 1. The van der Waals surface area contributed by atoms with E-state index in [1.807, 2.05) is 20.2 Å². The molecule has 1 aromatic heterocycles. The van der Waals surface area contributed by atoms with Gasteiger partial charge in [0.25, 0.3) is 5.91 Å². The van der Waals surface area contributed by atoms with Crippen LogP contribution in [0.2, 0.25) is 10.0 Å². The summed E-state index contributed by atoms with van der Waals surface area (Å²) in [5.41, 5.74) is 0. The van der Waals surface area contributed by atoms with Gasteiger partial charge in [-0.05, 0) is 12.1 Å². The molecule has 1 heterocycles. The van der Waals surface area contributed by atoms with E-state index >= 15 is 0 Å². The third-order valence-corrected chi connectivity index (χ3v) is 5.25. The van der Waals surface area contributed by atoms with E-state index in [9.17, 15) is 4.79 Å². The standard InChI is InChI=1S/C14H16Cl2N2O2S/c1-18(2)7-6-17-14(19)13-10(15)8-4-5-9(20-3)11(16)12(8)21-13/h4-5H,6-7H2,1-3H3,(H,17,19)/p+1. The minimum atomic E-state index is -0.169. The highest BCUT2D eigenvalue weighted by atomic mass is 35.5. The van der Waals surface area contributed by atoms with Crippen molar-refractivity contribution < 1.29 is 14.4 Å². The first-order chi connectivity index (χ1) is 9.95. The second-order valence-corrected chi connectivity index (χ2v) is 6.69. The maximum atomic E-state index is 12.2. The fourth-order valence-corrected chi connectivity index (χ4v) is 3.70. The summed E-state index contributed by atoms with van der Waals surface area (Å²) in [6.45, 7) is 1.45. The number of hydrogen-bond acceptors (Lipinski definition) is 3. The zero-order valence-electron chi connectivity index (χ0n) is 12.0. The summed E-state index contributed by atoms with van der Waals surface area (Å²) in [5.74, 6) is 0.405. The Balaban J connectivity index is 2.30. The van der Waals surface area contributed by atoms with E-state index in [1.165, 1.54) is 16.2 Å². The fourth-order valence-electron chi connectivity index (χ4n) is 1.89. The second kappa shape index (κ2) is 6.83. The molecule has 0 atom stereocenters. The van der Waals surface area contributed by atoms with E-state index < -0.39 is 0 Å². The maximum Gasteiger partial charge on any atom is 0.263 e. The van der Waals surface area contributed by atoms with Crippen LogP contribution in [0.3, 0.4) is 0 Å². The number of hydrogen-bond donors (Lipinski definition) is 2. The van der Waals surface area contributed by atoms with Gasteiger partial charge in [-0.3, -0.25) is 4.79 Å². The molecule has 0 unspecified atom stereocenters. The highest BCUT2D eigenvalue weighted by Crippen LogP contribution is 2.42. The molecule has 0 aliphatic rings. The lowest BCUT2D eigenvalue weighted by molar-refractivity contribution is -0.856. The van der Waals surface area contributed by atoms with Crippen LogP contribution in [0.1, 0.15) is 9.67 Å². The molecule has 2 N–H and O–H groups in total. The van der Waals surface area contributed by atoms with Gasteiger partial charge in [-0.25, -0.2) is 0 Å². The van der Waals surface area contributed by atoms with Crippen molar-refractivity contribution in [3.63, 3.8) is 0 Å². The number of amides is 1. The van der Waals surface area contributed by atoms with E-state index in [4.69, 9.17) is 27.9 Å². The van der Waals surface area contributed by atoms with Crippen molar-refractivity contribution in [1.29, 1.82) is 0 Å². The van der Waals surface area contributed by atoms with Crippen molar-refractivity contribution in [2.75, 3.05) is 34.3 Å². The first-order valence-electron chi connectivity index (χ1n) is 6.47. The zero-order chi connectivity index (χ0) is 15.6. The van der Waals surface area contributed by atoms with Gasteiger partial charge in [0.15, 0.2) is 0 Å². The highest BCUT2D eigenvalue weighted by Gasteiger charge is 2.20. The number of nitrogens with one attached hydrogen (secondary N) is 2. The molecular weight excluding hydrogens is 331 g/mol. The first kappa shape index (κ1) is 16.4. The normalized spacial score (nSPS) is 11.1. The molecule has 0 aliphatic carbocycles. The molecule has 4 nitrogen and oxygen atoms in total. The molecule has 0 bridgehead atoms. The summed E-state index contributed by atoms with van der Waals surface area (Å²) in [6.07, 6.45) is 0. The van der Waals surface area contributed by atoms with Crippen LogP contribution in [0.25, 0.3) is 10.1 Å². The van der Waals surface area contributed by atoms with Gasteiger partial charge in [-0.2, -0.15) is 0 Å². The molecule has 0 saturated heterocycles. The molecular formula is C14H17Cl2N2O2S+. The zero-order valence-corrected chi connectivity index (χ0v) is 14.4. The van der Waals surface area contributed by atoms with Crippen molar-refractivity contribution in [2.45, 2.75) is 0 Å². The predicted molar refractivity (Wildman–Crippen MR) is 88.4 cm³/mol. The van der Waals surface area contributed by atoms with Gasteiger partial charge in [-0.1, -0.05) is 23.2 Å². The third-order valence-electron chi connectivity index (χ3n) is 3.04. The number of ether oxygens (including phenoxy) is 1. The lowest BCUT2D eigenvalue weighted by Gasteiger charge is -2.07. The van der Waals surface area contributed by atoms with Crippen LogP contribution in [0.15, 0.2) is 12.1 Å². The van der Waals surface area contributed by atoms with Gasteiger partial charge in [0.1, 0.15) is 15.6 Å². The Morgan fingerprint density at radius 3 is 2.67 bits per heavy atom. The number of halogens is 2. The Labute approximate surface area is 137 Å². The molecule has 0 radical (unpaired) electrons. The molecule has 0 fully saturated rings. The second-order valence-electron chi connectivity index (χ2n) is 4.92. The van der Waals surface area contributed by atoms with Gasteiger partial charge in [0, 0.05) is 5.39 Å². The largest absolute Gasteiger partial charge is 0.495 e. The van der Waals surface area contributed by atoms with Crippen molar-refractivity contribution >= 4 is 50.5 Å². The van der Waals surface area contributed by atoms with Crippen LogP contribution in [0.5, 0.6) is 5.75 Å². The van der Waals surface area contributed by atoms with E-state index in [0.29, 0.717) is 27.2 Å². The lowest BCUT2D eigenvalue weighted by Crippen LogP contribution is -3.06. The number of methoxy groups -OCH3 is 1. The molecule has 114 valence electrons. The molecule has 0 spiro atoms. The quantitative estimate of drug-likeness (QED) is 0.869. The van der Waals surface area contributed by atoms with Crippen LogP contribution in [0.4, 0.5) is 0 Å². The van der Waals surface area contributed by atoms with Crippen molar-refractivity contribution in [2.24, 2.45) is 0 Å². The number of carbonyl (C=O) groups is 1. The van der Waals surface area contributed by atoms with E-state index in [1.54, 1.807) is 13.2 Å². The van der Waals surface area contributed by atoms with Crippen LogP contribution in [-0.2, 0) is 0 Å². The number of thiophene rings is 1. The summed E-state index contributed by atoms with van der Waals surface area (Å²) in [7, 11) is 5.62. The van der Waals surface area contributed by atoms with Crippen molar-refractivity contribution in [3.05, 3.63) is 27.1 Å². The number of fused-ring (bicyclic) bond motifs is 1. The average molecular weight is 348 g/mol. The van der Waals surface area contributed by atoms with Gasteiger partial charge >= 0.3 is 0 Å². The third kappa shape index (κ3) is 3.43. The minimum absolute atomic E-state index is 0.169. The first-order valence-corrected chi connectivity index (χ1v) is 8.04. The Morgan fingerprint density at radius 1 is 1.33 bits per heavy atom. The Morgan fingerprint density at radius 2 is 2.05 bits per heavy atom. The SMILES string of the molecule is COc1ccc2c(Cl)c(C(=O)NCC[NH+](C)C)sc2c1Cl. The lowest BCUT2D eigenvalue weighted by atomic mass is 10.2. The topological polar surface area (TPSA) is 42.8 Å². The summed E-state index contributed by atoms with van der Waals surface area (Å²) >= 11 is 13.9. The summed E-state index contributed by atoms with van der Waals surface area (Å²) in [6, 6.07) is 3.57. The summed E-state index contributed by atoms with van der Waals surface area (Å²) < 4.78 is 5.95. The van der Waals surface area contributed by atoms with Gasteiger partial charge in [0.05, 0.1) is 44.0 Å². The van der Waals surface area contributed by atoms with Crippen molar-refractivity contribution in [3.8, 4) is 5.75 Å². The molecule has 2 rings (SSSR count). The van der Waals surface area contributed by atoms with Crippen LogP contribution < -0.4 is 15.0 Å². The molecule has 2 aromatic rings. The average Bonchev–Trinajstić information content (AvgIpc) is 2.77. The summed E-state index contributed by atoms with van der Waals surface area (Å²) in [5, 5.41) is 4.57. The van der Waals surface area contributed by atoms with Crippen LogP contribution in [-0.4, -0.2) is 40.2 Å². The van der Waals surface area contributed by atoms with Crippen molar-refractivity contribution in [1.82, 2.24) is 5.32 Å². The predicted octanol–water partition coefficient (Wildman–Crippen LogP) is 2.09. The minimum Gasteiger partial charge on any atom is -0.495 e. The Bertz CT molecular complexity index is 671. The number of rotatable bonds is 5. The highest BCUT2D eigenvalue weighted by molar-refractivity contribution is 7.22. The smallest absolute Gasteiger partial charge is 0.263 e. The molecule has 7 heteroatoms. The van der Waals surface area contributed by atoms with Crippen LogP contribution in [0, 0.1) is 0 Å². The number of likely N-dealkylation sites (N-methyl/N-ethyl adjacent to an activating group) is 1. The fraction of sp³-hybridized carbons (Fsp3) is 0.357. The molecule has 1 amide bonds. The van der Waals surface area contributed by atoms with E-state index in [-0.39, 0.29) is 5.91 Å². The van der Waals surface area contributed by atoms with Gasteiger partial charge in [0.2, 0.25) is 0 Å². The number of benzene rings is 1. The number of carbonyl (C=O) groups excluding carboxylic acids is 1. The Hall–Kier alpha value is -1.01. The molecule has 0 aliphatic heterocycles. The van der Waals surface area contributed by atoms with E-state index in [0.717, 1.165) is 16.6 Å². The van der Waals surface area contributed by atoms with Gasteiger partial charge < -0.3 is 15.0 Å². The Kier molecular flexibility index (Phi) is 5.32.